The third-order valence-electron chi connectivity index (χ3n) is 6.26. The van der Waals surface area contributed by atoms with Gasteiger partial charge in [0.25, 0.3) is 5.91 Å². The fourth-order valence-corrected chi connectivity index (χ4v) is 4.42. The Hall–Kier alpha value is -2.04. The SMILES string of the molecule is CN(C)c1ccc(C(=O)N2CCCN(C(=O)CCC3CCCCC3)CC2)cc1. The minimum absolute atomic E-state index is 0.0711. The van der Waals surface area contributed by atoms with Crippen molar-refractivity contribution in [2.75, 3.05) is 45.2 Å². The number of carbonyl (C=O) groups excluding carboxylic acids is 2. The summed E-state index contributed by atoms with van der Waals surface area (Å²) in [6.07, 6.45) is 9.17. The van der Waals surface area contributed by atoms with Crippen LogP contribution in [0.1, 0.15) is 61.7 Å². The molecule has 1 aliphatic heterocycles. The van der Waals surface area contributed by atoms with Gasteiger partial charge in [-0.1, -0.05) is 32.1 Å². The molecule has 3 rings (SSSR count). The monoisotopic (exact) mass is 385 g/mol. The quantitative estimate of drug-likeness (QED) is 0.775. The van der Waals surface area contributed by atoms with Crippen molar-refractivity contribution in [2.45, 2.75) is 51.4 Å². The van der Waals surface area contributed by atoms with Gasteiger partial charge in [-0.05, 0) is 43.0 Å². The van der Waals surface area contributed by atoms with E-state index in [0.29, 0.717) is 19.5 Å². The molecule has 2 fully saturated rings. The van der Waals surface area contributed by atoms with E-state index in [-0.39, 0.29) is 11.8 Å². The number of hydrogen-bond acceptors (Lipinski definition) is 3. The summed E-state index contributed by atoms with van der Waals surface area (Å²) in [7, 11) is 3.98. The Bertz CT molecular complexity index is 650. The van der Waals surface area contributed by atoms with E-state index in [9.17, 15) is 9.59 Å². The van der Waals surface area contributed by atoms with Crippen LogP contribution in [0.25, 0.3) is 0 Å². The molecule has 154 valence electrons. The fraction of sp³-hybridized carbons (Fsp3) is 0.652. The van der Waals surface area contributed by atoms with Crippen molar-refractivity contribution in [3.63, 3.8) is 0 Å². The Morgan fingerprint density at radius 1 is 0.893 bits per heavy atom. The average Bonchev–Trinajstić information content (AvgIpc) is 2.98. The lowest BCUT2D eigenvalue weighted by molar-refractivity contribution is -0.131. The summed E-state index contributed by atoms with van der Waals surface area (Å²) in [5.74, 6) is 1.09. The van der Waals surface area contributed by atoms with Gasteiger partial charge in [-0.3, -0.25) is 9.59 Å². The Morgan fingerprint density at radius 2 is 1.54 bits per heavy atom. The summed E-state index contributed by atoms with van der Waals surface area (Å²) < 4.78 is 0. The van der Waals surface area contributed by atoms with Crippen LogP contribution in [0.4, 0.5) is 5.69 Å². The number of carbonyl (C=O) groups is 2. The first-order valence-corrected chi connectivity index (χ1v) is 10.9. The van der Waals surface area contributed by atoms with E-state index >= 15 is 0 Å². The molecular formula is C23H35N3O2. The summed E-state index contributed by atoms with van der Waals surface area (Å²) in [5, 5.41) is 0. The predicted molar refractivity (Wildman–Crippen MR) is 114 cm³/mol. The minimum Gasteiger partial charge on any atom is -0.378 e. The molecule has 0 unspecified atom stereocenters. The van der Waals surface area contributed by atoms with Gasteiger partial charge in [-0.2, -0.15) is 0 Å². The second-order valence-electron chi connectivity index (χ2n) is 8.51. The first kappa shape index (κ1) is 20.7. The number of hydrogen-bond donors (Lipinski definition) is 0. The maximum atomic E-state index is 12.9. The second-order valence-corrected chi connectivity index (χ2v) is 8.51. The third-order valence-corrected chi connectivity index (χ3v) is 6.26. The van der Waals surface area contributed by atoms with Gasteiger partial charge in [0.2, 0.25) is 5.91 Å². The summed E-state index contributed by atoms with van der Waals surface area (Å²) in [4.78, 5) is 31.4. The van der Waals surface area contributed by atoms with Gasteiger partial charge in [-0.25, -0.2) is 0 Å². The number of anilines is 1. The molecule has 1 heterocycles. The Labute approximate surface area is 169 Å². The van der Waals surface area contributed by atoms with Crippen molar-refractivity contribution < 1.29 is 9.59 Å². The molecule has 0 spiro atoms. The predicted octanol–water partition coefficient (Wildman–Crippen LogP) is 3.79. The van der Waals surface area contributed by atoms with E-state index in [1.807, 2.05) is 53.1 Å². The topological polar surface area (TPSA) is 43.9 Å². The molecule has 5 nitrogen and oxygen atoms in total. The van der Waals surface area contributed by atoms with E-state index in [0.717, 1.165) is 43.1 Å². The normalized spacial score (nSPS) is 18.6. The lowest BCUT2D eigenvalue weighted by Crippen LogP contribution is -2.37. The minimum atomic E-state index is 0.0711. The Kier molecular flexibility index (Phi) is 7.35. The molecule has 0 N–H and O–H groups in total. The molecule has 1 aromatic carbocycles. The van der Waals surface area contributed by atoms with Crippen LogP contribution >= 0.6 is 0 Å². The summed E-state index contributed by atoms with van der Waals surface area (Å²) in [6, 6.07) is 7.75. The molecule has 1 saturated heterocycles. The van der Waals surface area contributed by atoms with Gasteiger partial charge in [0.15, 0.2) is 0 Å². The van der Waals surface area contributed by atoms with E-state index in [2.05, 4.69) is 0 Å². The van der Waals surface area contributed by atoms with Crippen LogP contribution in [-0.2, 0) is 4.79 Å². The van der Waals surface area contributed by atoms with Gasteiger partial charge >= 0.3 is 0 Å². The van der Waals surface area contributed by atoms with Gasteiger partial charge in [0, 0.05) is 57.9 Å². The average molecular weight is 386 g/mol. The fourth-order valence-electron chi connectivity index (χ4n) is 4.42. The molecule has 5 heteroatoms. The van der Waals surface area contributed by atoms with Crippen molar-refractivity contribution in [3.8, 4) is 0 Å². The molecule has 0 bridgehead atoms. The van der Waals surface area contributed by atoms with Crippen molar-refractivity contribution in [1.29, 1.82) is 0 Å². The Balaban J connectivity index is 1.49. The molecule has 2 amide bonds. The van der Waals surface area contributed by atoms with Crippen LogP contribution in [0.3, 0.4) is 0 Å². The molecule has 0 aromatic heterocycles. The molecule has 0 radical (unpaired) electrons. The maximum absolute atomic E-state index is 12.9. The molecule has 0 atom stereocenters. The highest BCUT2D eigenvalue weighted by atomic mass is 16.2. The van der Waals surface area contributed by atoms with E-state index < -0.39 is 0 Å². The highest BCUT2D eigenvalue weighted by molar-refractivity contribution is 5.94. The first-order chi connectivity index (χ1) is 13.5. The lowest BCUT2D eigenvalue weighted by atomic mass is 9.86. The molecule has 1 saturated carbocycles. The highest BCUT2D eigenvalue weighted by Gasteiger charge is 2.23. The van der Waals surface area contributed by atoms with Gasteiger partial charge < -0.3 is 14.7 Å². The van der Waals surface area contributed by atoms with Crippen LogP contribution in [0.5, 0.6) is 0 Å². The summed E-state index contributed by atoms with van der Waals surface area (Å²) >= 11 is 0. The largest absolute Gasteiger partial charge is 0.378 e. The number of amides is 2. The van der Waals surface area contributed by atoms with E-state index in [1.165, 1.54) is 32.1 Å². The Morgan fingerprint density at radius 3 is 2.21 bits per heavy atom. The van der Waals surface area contributed by atoms with Crippen LogP contribution < -0.4 is 4.90 Å². The second kappa shape index (κ2) is 9.94. The van der Waals surface area contributed by atoms with E-state index in [1.54, 1.807) is 0 Å². The van der Waals surface area contributed by atoms with Gasteiger partial charge in [-0.15, -0.1) is 0 Å². The van der Waals surface area contributed by atoms with Gasteiger partial charge in [0.05, 0.1) is 0 Å². The zero-order valence-corrected chi connectivity index (χ0v) is 17.5. The molecular weight excluding hydrogens is 350 g/mol. The maximum Gasteiger partial charge on any atom is 0.253 e. The standard InChI is InChI=1S/C23H35N3O2/c1-24(2)21-12-10-20(11-13-21)23(28)26-16-6-15-25(17-18-26)22(27)14-9-19-7-4-3-5-8-19/h10-13,19H,3-9,14-18H2,1-2H3. The molecule has 28 heavy (non-hydrogen) atoms. The third kappa shape index (κ3) is 5.49. The first-order valence-electron chi connectivity index (χ1n) is 10.9. The van der Waals surface area contributed by atoms with Crippen LogP contribution in [-0.4, -0.2) is 61.9 Å². The van der Waals surface area contributed by atoms with Crippen LogP contribution in [0.15, 0.2) is 24.3 Å². The van der Waals surface area contributed by atoms with Crippen LogP contribution in [0.2, 0.25) is 0 Å². The summed E-state index contributed by atoms with van der Waals surface area (Å²) in [5.41, 5.74) is 1.81. The number of benzene rings is 1. The number of rotatable bonds is 5. The van der Waals surface area contributed by atoms with Crippen molar-refractivity contribution in [2.24, 2.45) is 5.92 Å². The van der Waals surface area contributed by atoms with Crippen LogP contribution in [0, 0.1) is 5.92 Å². The molecule has 2 aliphatic rings. The smallest absolute Gasteiger partial charge is 0.253 e. The van der Waals surface area contributed by atoms with Crippen molar-refractivity contribution in [3.05, 3.63) is 29.8 Å². The van der Waals surface area contributed by atoms with Gasteiger partial charge in [0.1, 0.15) is 0 Å². The summed E-state index contributed by atoms with van der Waals surface area (Å²) in [6.45, 7) is 2.78. The number of nitrogens with zero attached hydrogens (tertiary/aromatic N) is 3. The van der Waals surface area contributed by atoms with Crippen molar-refractivity contribution >= 4 is 17.5 Å². The van der Waals surface area contributed by atoms with E-state index in [4.69, 9.17) is 0 Å². The molecule has 1 aromatic rings. The zero-order chi connectivity index (χ0) is 19.9. The van der Waals surface area contributed by atoms with Crippen molar-refractivity contribution in [1.82, 2.24) is 9.80 Å². The lowest BCUT2D eigenvalue weighted by Gasteiger charge is -2.25. The molecule has 1 aliphatic carbocycles. The highest BCUT2D eigenvalue weighted by Crippen LogP contribution is 2.27. The zero-order valence-electron chi connectivity index (χ0n) is 17.5.